The third-order valence-electron chi connectivity index (χ3n) is 5.04. The summed E-state index contributed by atoms with van der Waals surface area (Å²) in [5.74, 6) is -0.279. The van der Waals surface area contributed by atoms with E-state index in [0.29, 0.717) is 11.4 Å². The van der Waals surface area contributed by atoms with Gasteiger partial charge in [0.05, 0.1) is 25.9 Å². The lowest BCUT2D eigenvalue weighted by Gasteiger charge is -2.22. The molecule has 2 unspecified atom stereocenters. The molecule has 0 bridgehead atoms. The number of nitrogens with zero attached hydrogens (tertiary/aromatic N) is 1. The second kappa shape index (κ2) is 10.8. The zero-order valence-corrected chi connectivity index (χ0v) is 17.5. The van der Waals surface area contributed by atoms with Crippen LogP contribution in [0.3, 0.4) is 0 Å². The Morgan fingerprint density at radius 3 is 2.64 bits per heavy atom. The van der Waals surface area contributed by atoms with Gasteiger partial charge in [-0.05, 0) is 25.0 Å². The van der Waals surface area contributed by atoms with Gasteiger partial charge >= 0.3 is 6.03 Å². The van der Waals surface area contributed by atoms with Crippen molar-refractivity contribution >= 4 is 23.5 Å². The molecule has 3 amide bonds. The molecule has 2 rings (SSSR count). The number of imide groups is 1. The van der Waals surface area contributed by atoms with Crippen LogP contribution in [-0.2, 0) is 16.1 Å². The van der Waals surface area contributed by atoms with Gasteiger partial charge in [0.15, 0.2) is 0 Å². The molecule has 6 nitrogen and oxygen atoms in total. The second-order valence-electron chi connectivity index (χ2n) is 7.60. The molecule has 2 atom stereocenters. The number of β-amino-alcohol motifs (C(OH)–C–C–N with tert-alkyl or cyclic N) is 1. The summed E-state index contributed by atoms with van der Waals surface area (Å²) >= 11 is 6.07. The van der Waals surface area contributed by atoms with E-state index in [1.54, 1.807) is 13.0 Å². The van der Waals surface area contributed by atoms with E-state index < -0.39 is 17.7 Å². The van der Waals surface area contributed by atoms with Crippen LogP contribution in [0.5, 0.6) is 0 Å². The molecule has 0 aliphatic carbocycles. The summed E-state index contributed by atoms with van der Waals surface area (Å²) in [5, 5.41) is 13.6. The van der Waals surface area contributed by atoms with Gasteiger partial charge < -0.3 is 15.2 Å². The van der Waals surface area contributed by atoms with Gasteiger partial charge in [-0.25, -0.2) is 4.79 Å². The number of rotatable bonds is 12. The number of amides is 3. The molecule has 156 valence electrons. The molecule has 0 saturated carbocycles. The number of urea groups is 1. The highest BCUT2D eigenvalue weighted by atomic mass is 35.5. The smallest absolute Gasteiger partial charge is 0.325 e. The average molecular weight is 411 g/mol. The molecular formula is C21H31ClN2O4. The SMILES string of the molecule is CCCCCCCC1(C)NC(=O)N(CC(O)COCc2ccccc2Cl)C1=O. The Labute approximate surface area is 172 Å². The number of aliphatic hydroxyl groups is 1. The molecule has 1 saturated heterocycles. The van der Waals surface area contributed by atoms with Gasteiger partial charge in [0.25, 0.3) is 5.91 Å². The largest absolute Gasteiger partial charge is 0.389 e. The van der Waals surface area contributed by atoms with Crippen LogP contribution in [0, 0.1) is 0 Å². The average Bonchev–Trinajstić information content (AvgIpc) is 2.86. The Bertz CT molecular complexity index is 670. The molecule has 1 fully saturated rings. The van der Waals surface area contributed by atoms with Crippen molar-refractivity contribution in [2.75, 3.05) is 13.2 Å². The molecule has 0 aromatic heterocycles. The fourth-order valence-electron chi connectivity index (χ4n) is 3.35. The van der Waals surface area contributed by atoms with E-state index in [4.69, 9.17) is 16.3 Å². The number of carbonyl (C=O) groups is 2. The number of ether oxygens (including phenoxy) is 1. The van der Waals surface area contributed by atoms with Crippen molar-refractivity contribution in [2.24, 2.45) is 0 Å². The van der Waals surface area contributed by atoms with E-state index >= 15 is 0 Å². The van der Waals surface area contributed by atoms with E-state index in [0.717, 1.165) is 36.1 Å². The molecular weight excluding hydrogens is 380 g/mol. The molecule has 1 aromatic rings. The fourth-order valence-corrected chi connectivity index (χ4v) is 3.54. The highest BCUT2D eigenvalue weighted by Crippen LogP contribution is 2.24. The van der Waals surface area contributed by atoms with Crippen molar-refractivity contribution in [3.63, 3.8) is 0 Å². The van der Waals surface area contributed by atoms with Crippen molar-refractivity contribution in [1.29, 1.82) is 0 Å². The zero-order valence-electron chi connectivity index (χ0n) is 16.7. The predicted octanol–water partition coefficient (Wildman–Crippen LogP) is 3.89. The monoisotopic (exact) mass is 410 g/mol. The van der Waals surface area contributed by atoms with Gasteiger partial charge in [-0.3, -0.25) is 9.69 Å². The number of benzene rings is 1. The van der Waals surface area contributed by atoms with Gasteiger partial charge in [-0.15, -0.1) is 0 Å². The normalized spacial score (nSPS) is 20.5. The first-order chi connectivity index (χ1) is 13.4. The Morgan fingerprint density at radius 2 is 1.93 bits per heavy atom. The number of carbonyl (C=O) groups excluding carboxylic acids is 2. The molecule has 1 aliphatic rings. The maximum Gasteiger partial charge on any atom is 0.325 e. The summed E-state index contributed by atoms with van der Waals surface area (Å²) in [5.41, 5.74) is -0.0662. The van der Waals surface area contributed by atoms with Crippen LogP contribution in [0.25, 0.3) is 0 Å². The van der Waals surface area contributed by atoms with E-state index in [-0.39, 0.29) is 25.7 Å². The van der Waals surface area contributed by atoms with Crippen LogP contribution < -0.4 is 5.32 Å². The molecule has 1 heterocycles. The lowest BCUT2D eigenvalue weighted by Crippen LogP contribution is -2.44. The van der Waals surface area contributed by atoms with Crippen molar-refractivity contribution < 1.29 is 19.4 Å². The zero-order chi connectivity index (χ0) is 20.6. The fraction of sp³-hybridized carbons (Fsp3) is 0.619. The van der Waals surface area contributed by atoms with Crippen LogP contribution in [0.1, 0.15) is 57.9 Å². The lowest BCUT2D eigenvalue weighted by molar-refractivity contribution is -0.132. The van der Waals surface area contributed by atoms with Crippen LogP contribution in [-0.4, -0.2) is 46.7 Å². The van der Waals surface area contributed by atoms with Gasteiger partial charge in [0.1, 0.15) is 5.54 Å². The molecule has 7 heteroatoms. The summed E-state index contributed by atoms with van der Waals surface area (Å²) in [4.78, 5) is 26.0. The van der Waals surface area contributed by atoms with Crippen LogP contribution in [0.4, 0.5) is 4.79 Å². The summed E-state index contributed by atoms with van der Waals surface area (Å²) in [6, 6.07) is 6.85. The van der Waals surface area contributed by atoms with Crippen molar-refractivity contribution in [1.82, 2.24) is 10.2 Å². The van der Waals surface area contributed by atoms with Gasteiger partial charge in [-0.1, -0.05) is 68.8 Å². The van der Waals surface area contributed by atoms with Gasteiger partial charge in [0, 0.05) is 5.02 Å². The Balaban J connectivity index is 1.78. The summed E-state index contributed by atoms with van der Waals surface area (Å²) in [7, 11) is 0. The van der Waals surface area contributed by atoms with Crippen molar-refractivity contribution in [3.8, 4) is 0 Å². The Kier molecular flexibility index (Phi) is 8.73. The van der Waals surface area contributed by atoms with Crippen LogP contribution in [0.2, 0.25) is 5.02 Å². The summed E-state index contributed by atoms with van der Waals surface area (Å²) < 4.78 is 5.49. The lowest BCUT2D eigenvalue weighted by atomic mass is 9.94. The highest BCUT2D eigenvalue weighted by molar-refractivity contribution is 6.31. The topological polar surface area (TPSA) is 78.9 Å². The summed E-state index contributed by atoms with van der Waals surface area (Å²) in [6.07, 6.45) is 5.08. The number of hydrogen-bond acceptors (Lipinski definition) is 4. The number of aliphatic hydroxyl groups excluding tert-OH is 1. The van der Waals surface area contributed by atoms with Gasteiger partial charge in [0.2, 0.25) is 0 Å². The standard InChI is InChI=1S/C21H31ClN2O4/c1-3-4-5-6-9-12-21(2)19(26)24(20(27)23-21)13-17(25)15-28-14-16-10-7-8-11-18(16)22/h7-8,10-11,17,25H,3-6,9,12-15H2,1-2H3,(H,23,27). The third-order valence-corrected chi connectivity index (χ3v) is 5.41. The molecule has 1 aromatic carbocycles. The molecule has 0 spiro atoms. The number of hydrogen-bond donors (Lipinski definition) is 2. The van der Waals surface area contributed by atoms with E-state index in [9.17, 15) is 14.7 Å². The molecule has 0 radical (unpaired) electrons. The Morgan fingerprint density at radius 1 is 1.21 bits per heavy atom. The van der Waals surface area contributed by atoms with Gasteiger partial charge in [-0.2, -0.15) is 0 Å². The first kappa shape index (κ1) is 22.7. The van der Waals surface area contributed by atoms with E-state index in [2.05, 4.69) is 12.2 Å². The van der Waals surface area contributed by atoms with E-state index in [1.807, 2.05) is 18.2 Å². The number of nitrogens with one attached hydrogen (secondary N) is 1. The van der Waals surface area contributed by atoms with Crippen molar-refractivity contribution in [3.05, 3.63) is 34.9 Å². The highest BCUT2D eigenvalue weighted by Gasteiger charge is 2.47. The molecule has 2 N–H and O–H groups in total. The number of halogens is 1. The number of unbranched alkanes of at least 4 members (excludes halogenated alkanes) is 4. The van der Waals surface area contributed by atoms with E-state index in [1.165, 1.54) is 6.42 Å². The first-order valence-electron chi connectivity index (χ1n) is 10.0. The van der Waals surface area contributed by atoms with Crippen LogP contribution in [0.15, 0.2) is 24.3 Å². The maximum atomic E-state index is 12.7. The maximum absolute atomic E-state index is 12.7. The summed E-state index contributed by atoms with van der Waals surface area (Å²) in [6.45, 7) is 4.09. The molecule has 28 heavy (non-hydrogen) atoms. The minimum atomic E-state index is -0.955. The second-order valence-corrected chi connectivity index (χ2v) is 8.01. The minimum Gasteiger partial charge on any atom is -0.389 e. The third kappa shape index (κ3) is 6.19. The molecule has 1 aliphatic heterocycles. The van der Waals surface area contributed by atoms with Crippen LogP contribution >= 0.6 is 11.6 Å². The Hall–Kier alpha value is -1.63. The van der Waals surface area contributed by atoms with Crippen molar-refractivity contribution in [2.45, 2.75) is 70.6 Å². The predicted molar refractivity (Wildman–Crippen MR) is 109 cm³/mol. The minimum absolute atomic E-state index is 0.00994. The first-order valence-corrected chi connectivity index (χ1v) is 10.4. The quantitative estimate of drug-likeness (QED) is 0.404.